The molecule has 1 fully saturated rings. The first kappa shape index (κ1) is 14.0. The summed E-state index contributed by atoms with van der Waals surface area (Å²) < 4.78 is 5.68. The van der Waals surface area contributed by atoms with Crippen LogP contribution in [0.15, 0.2) is 12.1 Å². The summed E-state index contributed by atoms with van der Waals surface area (Å²) in [5, 5.41) is 3.45. The minimum Gasteiger partial charge on any atom is -0.378 e. The predicted octanol–water partition coefficient (Wildman–Crippen LogP) is 3.92. The van der Waals surface area contributed by atoms with Gasteiger partial charge in [-0.3, -0.25) is 0 Å². The third-order valence-electron chi connectivity index (χ3n) is 3.77. The molecule has 1 aromatic rings. The molecule has 1 aliphatic rings. The Morgan fingerprint density at radius 1 is 1.50 bits per heavy atom. The molecule has 1 saturated heterocycles. The van der Waals surface area contributed by atoms with Crippen LogP contribution in [-0.2, 0) is 11.2 Å². The molecule has 2 unspecified atom stereocenters. The Hall–Kier alpha value is -0.380. The van der Waals surface area contributed by atoms with E-state index in [4.69, 9.17) is 4.74 Å². The second-order valence-corrected chi connectivity index (χ2v) is 6.26. The van der Waals surface area contributed by atoms with Crippen molar-refractivity contribution in [3.8, 4) is 0 Å². The van der Waals surface area contributed by atoms with Gasteiger partial charge in [-0.05, 0) is 57.7 Å². The molecule has 0 amide bonds. The van der Waals surface area contributed by atoms with Gasteiger partial charge in [-0.2, -0.15) is 0 Å². The van der Waals surface area contributed by atoms with Crippen molar-refractivity contribution in [2.24, 2.45) is 0 Å². The molecule has 2 rings (SSSR count). The minimum atomic E-state index is 0.525. The van der Waals surface area contributed by atoms with Crippen molar-refractivity contribution in [1.82, 2.24) is 5.32 Å². The molecule has 3 heteroatoms. The Balaban J connectivity index is 1.77. The Morgan fingerprint density at radius 3 is 3.00 bits per heavy atom. The van der Waals surface area contributed by atoms with Crippen LogP contribution in [0.3, 0.4) is 0 Å². The Morgan fingerprint density at radius 2 is 2.39 bits per heavy atom. The number of hydrogen-bond donors (Lipinski definition) is 1. The van der Waals surface area contributed by atoms with Crippen LogP contribution in [0.4, 0.5) is 0 Å². The number of aryl methyl sites for hydroxylation is 1. The average molecular weight is 267 g/mol. The summed E-state index contributed by atoms with van der Waals surface area (Å²) in [6.07, 6.45) is 7.92. The highest BCUT2D eigenvalue weighted by atomic mass is 32.1. The van der Waals surface area contributed by atoms with Crippen molar-refractivity contribution in [3.05, 3.63) is 21.9 Å². The van der Waals surface area contributed by atoms with Crippen molar-refractivity contribution in [2.75, 3.05) is 13.7 Å². The van der Waals surface area contributed by atoms with E-state index in [1.165, 1.54) is 41.9 Å². The fourth-order valence-corrected chi connectivity index (χ4v) is 3.72. The van der Waals surface area contributed by atoms with E-state index in [-0.39, 0.29) is 0 Å². The van der Waals surface area contributed by atoms with Gasteiger partial charge in [-0.1, -0.05) is 6.92 Å². The van der Waals surface area contributed by atoms with Crippen LogP contribution in [0.2, 0.25) is 0 Å². The molecule has 2 atom stereocenters. The van der Waals surface area contributed by atoms with Gasteiger partial charge in [-0.25, -0.2) is 0 Å². The fourth-order valence-electron chi connectivity index (χ4n) is 2.62. The Bertz CT molecular complexity index is 344. The molecule has 2 heterocycles. The molecule has 0 radical (unpaired) electrons. The highest BCUT2D eigenvalue weighted by Crippen LogP contribution is 2.28. The van der Waals surface area contributed by atoms with Gasteiger partial charge < -0.3 is 10.1 Å². The first-order chi connectivity index (χ1) is 8.83. The molecular formula is C15H25NOS. The molecule has 1 N–H and O–H groups in total. The van der Waals surface area contributed by atoms with Crippen molar-refractivity contribution in [1.29, 1.82) is 0 Å². The first-order valence-electron chi connectivity index (χ1n) is 7.21. The third-order valence-corrected chi connectivity index (χ3v) is 5.11. The summed E-state index contributed by atoms with van der Waals surface area (Å²) in [5.41, 5.74) is 0. The summed E-state index contributed by atoms with van der Waals surface area (Å²) in [5.74, 6) is 0. The van der Waals surface area contributed by atoms with Crippen molar-refractivity contribution < 1.29 is 4.74 Å². The summed E-state index contributed by atoms with van der Waals surface area (Å²) in [4.78, 5) is 2.98. The lowest BCUT2D eigenvalue weighted by Gasteiger charge is -2.16. The number of ether oxygens (including phenoxy) is 1. The van der Waals surface area contributed by atoms with E-state index in [9.17, 15) is 0 Å². The molecule has 2 nitrogen and oxygen atoms in total. The second-order valence-electron chi connectivity index (χ2n) is 5.06. The smallest absolute Gasteiger partial charge is 0.0576 e. The largest absolute Gasteiger partial charge is 0.378 e. The normalized spacial score (nSPS) is 21.3. The van der Waals surface area contributed by atoms with Gasteiger partial charge >= 0.3 is 0 Å². The summed E-state index contributed by atoms with van der Waals surface area (Å²) in [6.45, 7) is 3.20. The maximum atomic E-state index is 5.68. The summed E-state index contributed by atoms with van der Waals surface area (Å²) in [6, 6.07) is 5.08. The third kappa shape index (κ3) is 3.81. The lowest BCUT2D eigenvalue weighted by molar-refractivity contribution is 0.101. The lowest BCUT2D eigenvalue weighted by atomic mass is 10.0. The second kappa shape index (κ2) is 7.27. The van der Waals surface area contributed by atoms with Crippen LogP contribution in [0, 0.1) is 0 Å². The van der Waals surface area contributed by atoms with Gasteiger partial charge in [0.1, 0.15) is 0 Å². The topological polar surface area (TPSA) is 21.3 Å². The van der Waals surface area contributed by atoms with E-state index in [1.54, 1.807) is 0 Å². The monoisotopic (exact) mass is 267 g/mol. The van der Waals surface area contributed by atoms with Crippen molar-refractivity contribution in [3.63, 3.8) is 0 Å². The van der Waals surface area contributed by atoms with E-state index < -0.39 is 0 Å². The van der Waals surface area contributed by atoms with Crippen molar-refractivity contribution in [2.45, 2.75) is 57.6 Å². The summed E-state index contributed by atoms with van der Waals surface area (Å²) in [7, 11) is 2.07. The molecule has 0 bridgehead atoms. The van der Waals surface area contributed by atoms with E-state index in [0.717, 1.165) is 13.0 Å². The molecule has 0 aromatic carbocycles. The zero-order valence-corrected chi connectivity index (χ0v) is 12.4. The van der Waals surface area contributed by atoms with E-state index >= 15 is 0 Å². The maximum Gasteiger partial charge on any atom is 0.0576 e. The van der Waals surface area contributed by atoms with Crippen molar-refractivity contribution >= 4 is 11.3 Å². The number of thiophene rings is 1. The zero-order valence-electron chi connectivity index (χ0n) is 11.6. The van der Waals surface area contributed by atoms with Gasteiger partial charge in [0.15, 0.2) is 0 Å². The van der Waals surface area contributed by atoms with Gasteiger partial charge in [0.05, 0.1) is 6.10 Å². The highest BCUT2D eigenvalue weighted by Gasteiger charge is 2.17. The van der Waals surface area contributed by atoms with E-state index in [2.05, 4.69) is 31.4 Å². The van der Waals surface area contributed by atoms with E-state index in [0.29, 0.717) is 12.1 Å². The molecular weight excluding hydrogens is 242 g/mol. The quantitative estimate of drug-likeness (QED) is 0.808. The first-order valence-corrected chi connectivity index (χ1v) is 8.02. The fraction of sp³-hybridized carbons (Fsp3) is 0.733. The van der Waals surface area contributed by atoms with Crippen LogP contribution < -0.4 is 5.32 Å². The highest BCUT2D eigenvalue weighted by molar-refractivity contribution is 7.12. The maximum absolute atomic E-state index is 5.68. The minimum absolute atomic E-state index is 0.525. The van der Waals surface area contributed by atoms with Gasteiger partial charge in [0, 0.05) is 22.4 Å². The van der Waals surface area contributed by atoms with Gasteiger partial charge in [0.2, 0.25) is 0 Å². The number of nitrogens with one attached hydrogen (secondary N) is 1. The van der Waals surface area contributed by atoms with Crippen LogP contribution in [0.25, 0.3) is 0 Å². The van der Waals surface area contributed by atoms with Gasteiger partial charge in [0.25, 0.3) is 0 Å². The Kier molecular flexibility index (Phi) is 5.67. The molecule has 1 aliphatic heterocycles. The zero-order chi connectivity index (χ0) is 12.8. The van der Waals surface area contributed by atoms with Crippen LogP contribution in [-0.4, -0.2) is 19.8 Å². The molecule has 102 valence electrons. The number of hydrogen-bond acceptors (Lipinski definition) is 3. The molecule has 0 saturated carbocycles. The van der Waals surface area contributed by atoms with E-state index in [1.807, 2.05) is 11.3 Å². The predicted molar refractivity (Wildman–Crippen MR) is 78.3 cm³/mol. The average Bonchev–Trinajstić information content (AvgIpc) is 3.05. The standard InChI is InChI=1S/C15H25NOS/c1-3-13-9-10-15(18-13)14(16-2)8-4-6-12-7-5-11-17-12/h9-10,12,14,16H,3-8,11H2,1-2H3. The molecule has 18 heavy (non-hydrogen) atoms. The SMILES string of the molecule is CCc1ccc(C(CCCC2CCCO2)NC)s1. The molecule has 0 spiro atoms. The Labute approximate surface area is 115 Å². The van der Waals surface area contributed by atoms with Gasteiger partial charge in [-0.15, -0.1) is 11.3 Å². The summed E-state index contributed by atoms with van der Waals surface area (Å²) >= 11 is 1.95. The van der Waals surface area contributed by atoms with Crippen LogP contribution in [0.1, 0.15) is 54.8 Å². The molecule has 0 aliphatic carbocycles. The number of rotatable bonds is 7. The molecule has 1 aromatic heterocycles. The van der Waals surface area contributed by atoms with Crippen LogP contribution in [0.5, 0.6) is 0 Å². The van der Waals surface area contributed by atoms with Crippen LogP contribution >= 0.6 is 11.3 Å². The lowest BCUT2D eigenvalue weighted by Crippen LogP contribution is -2.16.